The van der Waals surface area contributed by atoms with Crippen molar-refractivity contribution in [2.75, 3.05) is 33.2 Å². The number of carbonyl (C=O) groups is 1. The van der Waals surface area contributed by atoms with E-state index < -0.39 is 14.9 Å². The monoisotopic (exact) mass is 442 g/mol. The van der Waals surface area contributed by atoms with Gasteiger partial charge < -0.3 is 9.80 Å². The number of nitro groups is 1. The van der Waals surface area contributed by atoms with E-state index in [0.717, 1.165) is 9.54 Å². The second-order valence-corrected chi connectivity index (χ2v) is 9.53. The number of benzene rings is 2. The second kappa shape index (κ2) is 7.78. The summed E-state index contributed by atoms with van der Waals surface area (Å²) in [5.41, 5.74) is 1.07. The SMILES string of the molecule is Cc1ccc(S(=O)(=O)n2cc(C(=O)N3CCN(C)CC3)c3cc([N+](=O)[O-])ccc32)cc1. The average molecular weight is 442 g/mol. The molecule has 0 saturated carbocycles. The van der Waals surface area contributed by atoms with E-state index >= 15 is 0 Å². The van der Waals surface area contributed by atoms with Crippen molar-refractivity contribution in [3.63, 3.8) is 0 Å². The Kier molecular flexibility index (Phi) is 5.28. The molecule has 1 aliphatic heterocycles. The Bertz CT molecular complexity index is 1270. The minimum atomic E-state index is -4.00. The second-order valence-electron chi connectivity index (χ2n) is 7.71. The third-order valence-corrected chi connectivity index (χ3v) is 7.25. The lowest BCUT2D eigenvalue weighted by atomic mass is 10.1. The first kappa shape index (κ1) is 21.0. The molecule has 9 nitrogen and oxygen atoms in total. The number of hydrogen-bond donors (Lipinski definition) is 0. The summed E-state index contributed by atoms with van der Waals surface area (Å²) in [5, 5.41) is 11.5. The molecule has 0 unspecified atom stereocenters. The van der Waals surface area contributed by atoms with Gasteiger partial charge in [0.2, 0.25) is 0 Å². The maximum Gasteiger partial charge on any atom is 0.270 e. The Labute approximate surface area is 179 Å². The zero-order valence-corrected chi connectivity index (χ0v) is 18.0. The van der Waals surface area contributed by atoms with Gasteiger partial charge in [0, 0.05) is 49.9 Å². The van der Waals surface area contributed by atoms with Crippen molar-refractivity contribution in [2.24, 2.45) is 0 Å². The quantitative estimate of drug-likeness (QED) is 0.454. The Balaban J connectivity index is 1.88. The van der Waals surface area contributed by atoms with Crippen molar-refractivity contribution >= 4 is 32.5 Å². The molecule has 0 bridgehead atoms. The number of piperazine rings is 1. The molecule has 31 heavy (non-hydrogen) atoms. The standard InChI is InChI=1S/C21H22N4O5S/c1-15-3-6-17(7-4-15)31(29,30)24-14-19(21(26)23-11-9-22(2)10-12-23)18-13-16(25(27)28)5-8-20(18)24/h3-8,13-14H,9-12H2,1-2H3. The van der Waals surface area contributed by atoms with Gasteiger partial charge >= 0.3 is 0 Å². The summed E-state index contributed by atoms with van der Waals surface area (Å²) in [7, 11) is -2.04. The van der Waals surface area contributed by atoms with Crippen molar-refractivity contribution < 1.29 is 18.1 Å². The number of carbonyl (C=O) groups excluding carboxylic acids is 1. The molecule has 1 amide bonds. The number of nitro benzene ring substituents is 1. The van der Waals surface area contributed by atoms with Gasteiger partial charge in [-0.1, -0.05) is 17.7 Å². The van der Waals surface area contributed by atoms with Gasteiger partial charge in [0.1, 0.15) is 0 Å². The van der Waals surface area contributed by atoms with E-state index in [2.05, 4.69) is 4.90 Å². The van der Waals surface area contributed by atoms with Gasteiger partial charge in [-0.15, -0.1) is 0 Å². The van der Waals surface area contributed by atoms with Crippen LogP contribution in [0.4, 0.5) is 5.69 Å². The molecule has 0 radical (unpaired) electrons. The Morgan fingerprint density at radius 2 is 1.68 bits per heavy atom. The fourth-order valence-corrected chi connectivity index (χ4v) is 5.04. The number of aryl methyl sites for hydroxylation is 1. The number of nitrogens with zero attached hydrogens (tertiary/aromatic N) is 4. The highest BCUT2D eigenvalue weighted by molar-refractivity contribution is 7.90. The minimum absolute atomic E-state index is 0.0759. The fourth-order valence-electron chi connectivity index (χ4n) is 3.67. The largest absolute Gasteiger partial charge is 0.336 e. The molecule has 1 saturated heterocycles. The molecule has 0 atom stereocenters. The lowest BCUT2D eigenvalue weighted by molar-refractivity contribution is -0.384. The van der Waals surface area contributed by atoms with Gasteiger partial charge in [-0.3, -0.25) is 14.9 Å². The Hall–Kier alpha value is -3.24. The van der Waals surface area contributed by atoms with Crippen LogP contribution in [0.25, 0.3) is 10.9 Å². The summed E-state index contributed by atoms with van der Waals surface area (Å²) in [6.45, 7) is 4.26. The van der Waals surface area contributed by atoms with Crippen LogP contribution in [0, 0.1) is 17.0 Å². The highest BCUT2D eigenvalue weighted by Crippen LogP contribution is 2.30. The lowest BCUT2D eigenvalue weighted by Crippen LogP contribution is -2.47. The number of rotatable bonds is 4. The van der Waals surface area contributed by atoms with Crippen LogP contribution in [0.2, 0.25) is 0 Å². The molecule has 2 aromatic carbocycles. The molecular formula is C21H22N4O5S. The van der Waals surface area contributed by atoms with E-state index in [9.17, 15) is 23.3 Å². The maximum absolute atomic E-state index is 13.3. The molecule has 1 fully saturated rings. The topological polar surface area (TPSA) is 106 Å². The third-order valence-electron chi connectivity index (χ3n) is 5.56. The van der Waals surface area contributed by atoms with E-state index in [-0.39, 0.29) is 33.0 Å². The molecular weight excluding hydrogens is 420 g/mol. The Morgan fingerprint density at radius 3 is 2.29 bits per heavy atom. The molecule has 10 heteroatoms. The molecule has 4 rings (SSSR count). The number of amides is 1. The maximum atomic E-state index is 13.3. The van der Waals surface area contributed by atoms with Gasteiger partial charge in [0.15, 0.2) is 0 Å². The Morgan fingerprint density at radius 1 is 1.03 bits per heavy atom. The number of aromatic nitrogens is 1. The van der Waals surface area contributed by atoms with Gasteiger partial charge in [-0.05, 0) is 32.2 Å². The van der Waals surface area contributed by atoms with Gasteiger partial charge in [-0.2, -0.15) is 0 Å². The van der Waals surface area contributed by atoms with Crippen LogP contribution < -0.4 is 0 Å². The first-order valence-electron chi connectivity index (χ1n) is 9.78. The van der Waals surface area contributed by atoms with Crippen molar-refractivity contribution in [1.29, 1.82) is 0 Å². The molecule has 1 aromatic heterocycles. The number of non-ortho nitro benzene ring substituents is 1. The van der Waals surface area contributed by atoms with E-state index in [1.54, 1.807) is 17.0 Å². The number of likely N-dealkylation sites (N-methyl/N-ethyl adjacent to an activating group) is 1. The van der Waals surface area contributed by atoms with E-state index in [1.807, 2.05) is 14.0 Å². The highest BCUT2D eigenvalue weighted by Gasteiger charge is 2.28. The minimum Gasteiger partial charge on any atom is -0.336 e. The first-order valence-corrected chi connectivity index (χ1v) is 11.2. The molecule has 2 heterocycles. The summed E-state index contributed by atoms with van der Waals surface area (Å²) in [5.74, 6) is -0.337. The normalized spacial score (nSPS) is 15.4. The zero-order valence-electron chi connectivity index (χ0n) is 17.2. The van der Waals surface area contributed by atoms with E-state index in [0.29, 0.717) is 26.2 Å². The lowest BCUT2D eigenvalue weighted by Gasteiger charge is -2.32. The van der Waals surface area contributed by atoms with Crippen molar-refractivity contribution in [3.8, 4) is 0 Å². The molecule has 0 N–H and O–H groups in total. The summed E-state index contributed by atoms with van der Waals surface area (Å²) in [6, 6.07) is 10.3. The first-order chi connectivity index (χ1) is 14.7. The van der Waals surface area contributed by atoms with E-state index in [1.165, 1.54) is 36.5 Å². The van der Waals surface area contributed by atoms with Crippen molar-refractivity contribution in [3.05, 3.63) is 69.9 Å². The van der Waals surface area contributed by atoms with Crippen LogP contribution in [0.3, 0.4) is 0 Å². The predicted octanol–water partition coefficient (Wildman–Crippen LogP) is 2.48. The zero-order chi connectivity index (χ0) is 22.3. The summed E-state index contributed by atoms with van der Waals surface area (Å²) >= 11 is 0. The van der Waals surface area contributed by atoms with E-state index in [4.69, 9.17) is 0 Å². The van der Waals surface area contributed by atoms with Crippen LogP contribution in [-0.2, 0) is 10.0 Å². The molecule has 162 valence electrons. The smallest absolute Gasteiger partial charge is 0.270 e. The van der Waals surface area contributed by atoms with Gasteiger partial charge in [-0.25, -0.2) is 12.4 Å². The summed E-state index contributed by atoms with van der Waals surface area (Å²) in [4.78, 5) is 27.8. The van der Waals surface area contributed by atoms with Crippen molar-refractivity contribution in [1.82, 2.24) is 13.8 Å². The summed E-state index contributed by atoms with van der Waals surface area (Å²) in [6.07, 6.45) is 1.28. The number of hydrogen-bond acceptors (Lipinski definition) is 6. The molecule has 0 spiro atoms. The molecule has 3 aromatic rings. The fraction of sp³-hybridized carbons (Fsp3) is 0.286. The summed E-state index contributed by atoms with van der Waals surface area (Å²) < 4.78 is 27.7. The third kappa shape index (κ3) is 3.79. The number of fused-ring (bicyclic) bond motifs is 1. The van der Waals surface area contributed by atoms with Crippen LogP contribution in [0.5, 0.6) is 0 Å². The average Bonchev–Trinajstić information content (AvgIpc) is 3.13. The van der Waals surface area contributed by atoms with Gasteiger partial charge in [0.05, 0.1) is 20.9 Å². The predicted molar refractivity (Wildman–Crippen MR) is 116 cm³/mol. The van der Waals surface area contributed by atoms with Crippen LogP contribution in [0.1, 0.15) is 15.9 Å². The van der Waals surface area contributed by atoms with Crippen molar-refractivity contribution in [2.45, 2.75) is 11.8 Å². The van der Waals surface area contributed by atoms with Gasteiger partial charge in [0.25, 0.3) is 21.6 Å². The molecule has 1 aliphatic rings. The molecule has 0 aliphatic carbocycles. The van der Waals surface area contributed by atoms with Crippen LogP contribution in [-0.4, -0.2) is 66.2 Å². The van der Waals surface area contributed by atoms with Crippen LogP contribution >= 0.6 is 0 Å². The van der Waals surface area contributed by atoms with Crippen LogP contribution in [0.15, 0.2) is 53.6 Å². The highest BCUT2D eigenvalue weighted by atomic mass is 32.2.